The molecule has 4 nitrogen and oxygen atoms in total. The van der Waals surface area contributed by atoms with Crippen LogP contribution < -0.4 is 10.6 Å². The summed E-state index contributed by atoms with van der Waals surface area (Å²) in [4.78, 5) is 13.8. The summed E-state index contributed by atoms with van der Waals surface area (Å²) >= 11 is 0. The summed E-state index contributed by atoms with van der Waals surface area (Å²) < 4.78 is 27.9. The van der Waals surface area contributed by atoms with Crippen molar-refractivity contribution < 1.29 is 13.6 Å². The number of carbonyl (C=O) groups excluding carboxylic acids is 1. The highest BCUT2D eigenvalue weighted by atomic mass is 19.1. The largest absolute Gasteiger partial charge is 0.380 e. The lowest BCUT2D eigenvalue weighted by Gasteiger charge is -2.19. The number of halogens is 2. The highest BCUT2D eigenvalue weighted by Crippen LogP contribution is 2.22. The molecule has 0 aromatic heterocycles. The van der Waals surface area contributed by atoms with E-state index >= 15 is 0 Å². The second-order valence-corrected chi connectivity index (χ2v) is 5.83. The van der Waals surface area contributed by atoms with Crippen molar-refractivity contribution in [3.05, 3.63) is 59.7 Å². The second kappa shape index (κ2) is 7.22. The van der Waals surface area contributed by atoms with Crippen LogP contribution in [0.2, 0.25) is 0 Å². The fourth-order valence-corrected chi connectivity index (χ4v) is 2.79. The van der Waals surface area contributed by atoms with Gasteiger partial charge in [0.1, 0.15) is 5.69 Å². The van der Waals surface area contributed by atoms with E-state index in [0.717, 1.165) is 24.2 Å². The van der Waals surface area contributed by atoms with Crippen molar-refractivity contribution >= 4 is 17.4 Å². The fraction of sp³-hybridized carbons (Fsp3) is 0.211. The molecule has 6 heteroatoms. The Morgan fingerprint density at radius 2 is 1.88 bits per heavy atom. The summed E-state index contributed by atoms with van der Waals surface area (Å²) in [5.74, 6) is 0.383. The van der Waals surface area contributed by atoms with Crippen LogP contribution in [0.5, 0.6) is 0 Å². The molecule has 1 fully saturated rings. The van der Waals surface area contributed by atoms with Crippen LogP contribution in [-0.4, -0.2) is 30.1 Å². The third-order valence-electron chi connectivity index (χ3n) is 4.06. The third kappa shape index (κ3) is 3.89. The minimum Gasteiger partial charge on any atom is -0.380 e. The van der Waals surface area contributed by atoms with Gasteiger partial charge in [-0.2, -0.15) is 0 Å². The molecule has 2 aromatic rings. The maximum Gasteiger partial charge on any atom is 0.322 e. The van der Waals surface area contributed by atoms with Crippen molar-refractivity contribution in [2.24, 2.45) is 0 Å². The number of benzene rings is 2. The number of hydrogen-bond donors (Lipinski definition) is 2. The van der Waals surface area contributed by atoms with Gasteiger partial charge in [-0.15, -0.1) is 6.42 Å². The number of urea groups is 1. The van der Waals surface area contributed by atoms with E-state index in [4.69, 9.17) is 6.42 Å². The van der Waals surface area contributed by atoms with Crippen LogP contribution in [0.25, 0.3) is 0 Å². The SMILES string of the molecule is C#Cc1cc(F)c(NC(=O)N2CCC(Nc3ccccc3)C2)c(F)c1. The number of carbonyl (C=O) groups is 1. The average molecular weight is 341 g/mol. The fourth-order valence-electron chi connectivity index (χ4n) is 2.79. The normalized spacial score (nSPS) is 16.4. The molecule has 0 spiro atoms. The Morgan fingerprint density at radius 1 is 1.20 bits per heavy atom. The first-order chi connectivity index (χ1) is 12.1. The number of rotatable bonds is 3. The summed E-state index contributed by atoms with van der Waals surface area (Å²) in [6.45, 7) is 0.953. The first-order valence-corrected chi connectivity index (χ1v) is 7.90. The first-order valence-electron chi connectivity index (χ1n) is 7.90. The van der Waals surface area contributed by atoms with Crippen LogP contribution in [-0.2, 0) is 0 Å². The van der Waals surface area contributed by atoms with Crippen LogP contribution in [0.15, 0.2) is 42.5 Å². The molecular formula is C19H17F2N3O. The zero-order valence-electron chi connectivity index (χ0n) is 13.4. The van der Waals surface area contributed by atoms with E-state index in [9.17, 15) is 13.6 Å². The van der Waals surface area contributed by atoms with Crippen LogP contribution >= 0.6 is 0 Å². The average Bonchev–Trinajstić information content (AvgIpc) is 3.07. The molecule has 0 radical (unpaired) electrons. The molecule has 1 aliphatic rings. The number of nitrogens with zero attached hydrogens (tertiary/aromatic N) is 1. The van der Waals surface area contributed by atoms with Crippen LogP contribution in [0.4, 0.5) is 25.0 Å². The monoisotopic (exact) mass is 341 g/mol. The van der Waals surface area contributed by atoms with Gasteiger partial charge in [0.2, 0.25) is 0 Å². The first kappa shape index (κ1) is 16.8. The molecule has 1 atom stereocenters. The summed E-state index contributed by atoms with van der Waals surface area (Å²) in [5.41, 5.74) is 0.571. The van der Waals surface area contributed by atoms with Gasteiger partial charge in [0.15, 0.2) is 11.6 Å². The van der Waals surface area contributed by atoms with E-state index in [1.807, 2.05) is 30.3 Å². The molecule has 0 aliphatic carbocycles. The molecule has 1 heterocycles. The zero-order chi connectivity index (χ0) is 17.8. The van der Waals surface area contributed by atoms with Gasteiger partial charge in [0, 0.05) is 30.4 Å². The highest BCUT2D eigenvalue weighted by molar-refractivity contribution is 5.90. The van der Waals surface area contributed by atoms with Crippen molar-refractivity contribution in [3.8, 4) is 12.3 Å². The number of hydrogen-bond acceptors (Lipinski definition) is 2. The molecule has 128 valence electrons. The Kier molecular flexibility index (Phi) is 4.85. The van der Waals surface area contributed by atoms with Crippen LogP contribution in [0.3, 0.4) is 0 Å². The van der Waals surface area contributed by atoms with E-state index in [2.05, 4.69) is 16.6 Å². The lowest BCUT2D eigenvalue weighted by Crippen LogP contribution is -2.35. The molecule has 2 aromatic carbocycles. The van der Waals surface area contributed by atoms with Gasteiger partial charge in [-0.1, -0.05) is 24.1 Å². The number of terminal acetylenes is 1. The summed E-state index contributed by atoms with van der Waals surface area (Å²) in [6.07, 6.45) is 5.88. The van der Waals surface area contributed by atoms with Crippen molar-refractivity contribution in [2.75, 3.05) is 23.7 Å². The molecule has 1 unspecified atom stereocenters. The molecule has 3 rings (SSSR count). The highest BCUT2D eigenvalue weighted by Gasteiger charge is 2.27. The Hall–Kier alpha value is -3.07. The van der Waals surface area contributed by atoms with E-state index < -0.39 is 23.4 Å². The summed E-state index contributed by atoms with van der Waals surface area (Å²) in [7, 11) is 0. The van der Waals surface area contributed by atoms with E-state index in [0.29, 0.717) is 13.1 Å². The van der Waals surface area contributed by atoms with E-state index in [1.165, 1.54) is 4.90 Å². The lowest BCUT2D eigenvalue weighted by atomic mass is 10.2. The molecular weight excluding hydrogens is 324 g/mol. The lowest BCUT2D eigenvalue weighted by molar-refractivity contribution is 0.222. The van der Waals surface area contributed by atoms with Crippen molar-refractivity contribution in [1.29, 1.82) is 0 Å². The summed E-state index contributed by atoms with van der Waals surface area (Å²) in [6, 6.07) is 11.2. The van der Waals surface area contributed by atoms with Gasteiger partial charge in [0.25, 0.3) is 0 Å². The van der Waals surface area contributed by atoms with Gasteiger partial charge < -0.3 is 15.5 Å². The van der Waals surface area contributed by atoms with E-state index in [-0.39, 0.29) is 11.6 Å². The minimum atomic E-state index is -0.889. The Balaban J connectivity index is 1.62. The smallest absolute Gasteiger partial charge is 0.322 e. The Labute approximate surface area is 144 Å². The molecule has 0 saturated carbocycles. The Bertz CT molecular complexity index is 794. The molecule has 0 bridgehead atoms. The maximum atomic E-state index is 13.9. The van der Waals surface area contributed by atoms with Crippen LogP contribution in [0.1, 0.15) is 12.0 Å². The topological polar surface area (TPSA) is 44.4 Å². The van der Waals surface area contributed by atoms with Gasteiger partial charge >= 0.3 is 6.03 Å². The van der Waals surface area contributed by atoms with Crippen molar-refractivity contribution in [3.63, 3.8) is 0 Å². The van der Waals surface area contributed by atoms with Gasteiger partial charge in [-0.3, -0.25) is 0 Å². The van der Waals surface area contributed by atoms with Gasteiger partial charge in [-0.05, 0) is 30.7 Å². The zero-order valence-corrected chi connectivity index (χ0v) is 13.4. The number of para-hydroxylation sites is 1. The quantitative estimate of drug-likeness (QED) is 0.837. The number of likely N-dealkylation sites (tertiary alicyclic amines) is 1. The van der Waals surface area contributed by atoms with Gasteiger partial charge in [-0.25, -0.2) is 13.6 Å². The second-order valence-electron chi connectivity index (χ2n) is 5.83. The van der Waals surface area contributed by atoms with Crippen molar-refractivity contribution in [2.45, 2.75) is 12.5 Å². The molecule has 1 saturated heterocycles. The molecule has 2 amide bonds. The molecule has 25 heavy (non-hydrogen) atoms. The van der Waals surface area contributed by atoms with E-state index in [1.54, 1.807) is 0 Å². The minimum absolute atomic E-state index is 0.0845. The predicted molar refractivity (Wildman–Crippen MR) is 93.4 cm³/mol. The van der Waals surface area contributed by atoms with Crippen LogP contribution in [0, 0.1) is 24.0 Å². The number of amides is 2. The maximum absolute atomic E-state index is 13.9. The van der Waals surface area contributed by atoms with Gasteiger partial charge in [0.05, 0.1) is 0 Å². The Morgan fingerprint density at radius 3 is 2.52 bits per heavy atom. The predicted octanol–water partition coefficient (Wildman–Crippen LogP) is 3.66. The third-order valence-corrected chi connectivity index (χ3v) is 4.06. The molecule has 1 aliphatic heterocycles. The number of anilines is 2. The number of nitrogens with one attached hydrogen (secondary N) is 2. The molecule has 2 N–H and O–H groups in total. The standard InChI is InChI=1S/C19H17F2N3O/c1-2-13-10-16(20)18(17(21)11-13)23-19(25)24-9-8-15(12-24)22-14-6-4-3-5-7-14/h1,3-7,10-11,15,22H,8-9,12H2,(H,23,25). The summed E-state index contributed by atoms with van der Waals surface area (Å²) in [5, 5.41) is 5.63. The van der Waals surface area contributed by atoms with Crippen molar-refractivity contribution in [1.82, 2.24) is 4.90 Å².